The summed E-state index contributed by atoms with van der Waals surface area (Å²) in [5.74, 6) is 1.99. The number of rotatable bonds is 4. The second-order valence-corrected chi connectivity index (χ2v) is 11.1. The fourth-order valence-corrected chi connectivity index (χ4v) is 4.51. The number of thiophene rings is 1. The first-order valence-electron chi connectivity index (χ1n) is 11.7. The molecule has 0 amide bonds. The monoisotopic (exact) mass is 595 g/mol. The molecule has 2 aliphatic rings. The summed E-state index contributed by atoms with van der Waals surface area (Å²) in [6.07, 6.45) is 3.99. The van der Waals surface area contributed by atoms with Crippen molar-refractivity contribution in [3.8, 4) is 10.4 Å². The molecule has 0 spiro atoms. The standard InChI is InChI=1S/C12H16BNO4.C10H7NO2S.C4H3BBr/c1-11(2)12(3,4)18-13(17-11)9-7-5-6-8-10(9)14(15)16;12-11(13)9-5-2-1-4-8(9)10-6-3-7-14-10;6-4-2-1-3-5-4/h5-8H,1-4H3;1-7H;1-3H. The van der Waals surface area contributed by atoms with Gasteiger partial charge in [0.1, 0.15) is 0 Å². The molecule has 0 aliphatic carbocycles. The highest BCUT2D eigenvalue weighted by atomic mass is 79.9. The maximum Gasteiger partial charge on any atom is 0.501 e. The van der Waals surface area contributed by atoms with E-state index in [0.717, 1.165) is 9.26 Å². The average Bonchev–Trinajstić information content (AvgIpc) is 3.62. The molecule has 2 aliphatic heterocycles. The van der Waals surface area contributed by atoms with Gasteiger partial charge in [0.15, 0.2) is 7.28 Å². The molecule has 0 saturated carbocycles. The number of nitro groups is 2. The highest BCUT2D eigenvalue weighted by Gasteiger charge is 2.53. The zero-order chi connectivity index (χ0) is 27.9. The normalized spacial score (nSPS) is 16.3. The lowest BCUT2D eigenvalue weighted by Crippen LogP contribution is -2.41. The van der Waals surface area contributed by atoms with Gasteiger partial charge in [-0.2, -0.15) is 0 Å². The highest BCUT2D eigenvalue weighted by Crippen LogP contribution is 2.37. The van der Waals surface area contributed by atoms with Crippen molar-refractivity contribution >= 4 is 58.5 Å². The Labute approximate surface area is 235 Å². The van der Waals surface area contributed by atoms with Gasteiger partial charge in [-0.1, -0.05) is 64.5 Å². The van der Waals surface area contributed by atoms with Gasteiger partial charge in [0.2, 0.25) is 0 Å². The number of para-hydroxylation sites is 2. The lowest BCUT2D eigenvalue weighted by molar-refractivity contribution is -0.384. The summed E-state index contributed by atoms with van der Waals surface area (Å²) in [6.45, 7) is 7.67. The molecule has 0 unspecified atom stereocenters. The molecule has 5 rings (SSSR count). The fourth-order valence-electron chi connectivity index (χ4n) is 3.45. The van der Waals surface area contributed by atoms with Crippen LogP contribution < -0.4 is 5.46 Å². The molecule has 1 saturated heterocycles. The Bertz CT molecular complexity index is 1330. The molecule has 0 atom stereocenters. The van der Waals surface area contributed by atoms with Crippen LogP contribution in [0.5, 0.6) is 0 Å². The van der Waals surface area contributed by atoms with Gasteiger partial charge < -0.3 is 9.31 Å². The highest BCUT2D eigenvalue weighted by molar-refractivity contribution is 9.12. The van der Waals surface area contributed by atoms with Gasteiger partial charge in [-0.3, -0.25) is 20.2 Å². The minimum Gasteiger partial charge on any atom is -0.399 e. The van der Waals surface area contributed by atoms with E-state index in [0.29, 0.717) is 11.0 Å². The number of hydrogen-bond donors (Lipinski definition) is 0. The number of halogens is 1. The van der Waals surface area contributed by atoms with Crippen LogP contribution in [-0.4, -0.2) is 35.4 Å². The van der Waals surface area contributed by atoms with E-state index in [4.69, 9.17) is 9.31 Å². The van der Waals surface area contributed by atoms with Gasteiger partial charge in [-0.25, -0.2) is 0 Å². The van der Waals surface area contributed by atoms with Crippen molar-refractivity contribution in [2.75, 3.05) is 0 Å². The fraction of sp³-hybridized carbons (Fsp3) is 0.231. The van der Waals surface area contributed by atoms with Crippen LogP contribution in [0.25, 0.3) is 10.4 Å². The molecule has 195 valence electrons. The molecule has 1 fully saturated rings. The van der Waals surface area contributed by atoms with Crippen molar-refractivity contribution in [2.45, 2.75) is 38.9 Å². The third-order valence-electron chi connectivity index (χ3n) is 6.15. The van der Waals surface area contributed by atoms with E-state index < -0.39 is 23.2 Å². The van der Waals surface area contributed by atoms with Gasteiger partial charge in [0.05, 0.1) is 32.1 Å². The zero-order valence-electron chi connectivity index (χ0n) is 21.4. The smallest absolute Gasteiger partial charge is 0.399 e. The molecular weight excluding hydrogens is 570 g/mol. The maximum absolute atomic E-state index is 11.0. The van der Waals surface area contributed by atoms with Gasteiger partial charge in [0, 0.05) is 17.0 Å². The third kappa shape index (κ3) is 7.28. The van der Waals surface area contributed by atoms with E-state index >= 15 is 0 Å². The number of hydrogen-bond acceptors (Lipinski definition) is 7. The SMILES string of the molecule is BrC1=CC=C[B]1.CC1(C)OB(c2ccccc2[N+](=O)[O-])OC1(C)C.O=[N+]([O-])c1ccccc1-c1cccs1. The van der Waals surface area contributed by atoms with Crippen molar-refractivity contribution in [3.05, 3.63) is 109 Å². The Morgan fingerprint density at radius 2 is 1.45 bits per heavy atom. The second-order valence-electron chi connectivity index (χ2n) is 9.26. The first kappa shape index (κ1) is 29.5. The molecule has 3 aromatic rings. The van der Waals surface area contributed by atoms with Crippen molar-refractivity contribution < 1.29 is 19.2 Å². The number of nitrogens with zero attached hydrogens (tertiary/aromatic N) is 2. The summed E-state index contributed by atoms with van der Waals surface area (Å²) >= 11 is 4.78. The minimum atomic E-state index is -0.698. The molecule has 1 aromatic heterocycles. The minimum absolute atomic E-state index is 0.0241. The maximum atomic E-state index is 11.0. The van der Waals surface area contributed by atoms with E-state index in [1.165, 1.54) is 23.5 Å². The molecular formula is C26H26B2BrN2O6S. The predicted octanol–water partition coefficient (Wildman–Crippen LogP) is 6.67. The van der Waals surface area contributed by atoms with Crippen molar-refractivity contribution in [3.63, 3.8) is 0 Å². The molecule has 0 bridgehead atoms. The van der Waals surface area contributed by atoms with Gasteiger partial charge in [-0.05, 0) is 49.6 Å². The quantitative estimate of drug-likeness (QED) is 0.189. The molecule has 1 radical (unpaired) electrons. The molecule has 38 heavy (non-hydrogen) atoms. The summed E-state index contributed by atoms with van der Waals surface area (Å²) < 4.78 is 12.8. The van der Waals surface area contributed by atoms with E-state index in [1.54, 1.807) is 30.3 Å². The summed E-state index contributed by atoms with van der Waals surface area (Å²) in [5.41, 5.74) is 0.336. The van der Waals surface area contributed by atoms with Crippen LogP contribution in [0.1, 0.15) is 27.7 Å². The largest absolute Gasteiger partial charge is 0.501 e. The first-order chi connectivity index (χ1) is 17.9. The molecule has 3 heterocycles. The number of allylic oxidation sites excluding steroid dienone is 2. The van der Waals surface area contributed by atoms with Gasteiger partial charge in [-0.15, -0.1) is 17.3 Å². The number of nitro benzene ring substituents is 2. The van der Waals surface area contributed by atoms with E-state index in [1.807, 2.05) is 76.7 Å². The molecule has 2 aromatic carbocycles. The summed E-state index contributed by atoms with van der Waals surface area (Å²) in [7, 11) is 1.30. The van der Waals surface area contributed by atoms with Crippen molar-refractivity contribution in [1.82, 2.24) is 0 Å². The lowest BCUT2D eigenvalue weighted by Gasteiger charge is -2.32. The Morgan fingerprint density at radius 1 is 0.868 bits per heavy atom. The van der Waals surface area contributed by atoms with Crippen LogP contribution in [0.4, 0.5) is 11.4 Å². The van der Waals surface area contributed by atoms with E-state index in [9.17, 15) is 20.2 Å². The average molecular weight is 596 g/mol. The third-order valence-corrected chi connectivity index (χ3v) is 7.58. The van der Waals surface area contributed by atoms with Crippen LogP contribution in [0, 0.1) is 20.2 Å². The van der Waals surface area contributed by atoms with Crippen LogP contribution in [0.15, 0.2) is 88.6 Å². The summed E-state index contributed by atoms with van der Waals surface area (Å²) in [5, 5.41) is 23.6. The summed E-state index contributed by atoms with van der Waals surface area (Å²) in [4.78, 5) is 21.9. The van der Waals surface area contributed by atoms with Gasteiger partial charge >= 0.3 is 7.12 Å². The Balaban J connectivity index is 0.000000176. The summed E-state index contributed by atoms with van der Waals surface area (Å²) in [6, 6.07) is 17.0. The van der Waals surface area contributed by atoms with E-state index in [2.05, 4.69) is 15.9 Å². The predicted molar refractivity (Wildman–Crippen MR) is 157 cm³/mol. The Hall–Kier alpha value is -3.05. The van der Waals surface area contributed by atoms with Crippen molar-refractivity contribution in [2.24, 2.45) is 0 Å². The second kappa shape index (κ2) is 12.7. The molecule has 0 N–H and O–H groups in total. The van der Waals surface area contributed by atoms with Crippen LogP contribution >= 0.6 is 27.3 Å². The van der Waals surface area contributed by atoms with Crippen LogP contribution in [0.3, 0.4) is 0 Å². The van der Waals surface area contributed by atoms with Crippen LogP contribution in [-0.2, 0) is 9.31 Å². The topological polar surface area (TPSA) is 105 Å². The van der Waals surface area contributed by atoms with Gasteiger partial charge in [0.25, 0.3) is 11.4 Å². The number of benzene rings is 2. The van der Waals surface area contributed by atoms with E-state index in [-0.39, 0.29) is 16.3 Å². The van der Waals surface area contributed by atoms with Crippen molar-refractivity contribution in [1.29, 1.82) is 0 Å². The zero-order valence-corrected chi connectivity index (χ0v) is 23.8. The molecule has 12 heteroatoms. The Kier molecular flexibility index (Phi) is 9.83. The Morgan fingerprint density at radius 3 is 1.92 bits per heavy atom. The van der Waals surface area contributed by atoms with Crippen LogP contribution in [0.2, 0.25) is 0 Å². The lowest BCUT2D eigenvalue weighted by atomic mass is 9.78. The first-order valence-corrected chi connectivity index (χ1v) is 13.3. The molecule has 8 nitrogen and oxygen atoms in total.